The molecule has 3 aromatic rings. The number of ether oxygens (including phenoxy) is 1. The number of benzene rings is 3. The normalized spacial score (nSPS) is 10.1. The molecule has 2 amide bonds. The SMILES string of the molecule is COc1ccccc1C(=O)Nc1ccc(C(=O)Nc2cccc(C(=O)O)c2)cc1. The predicted molar refractivity (Wildman–Crippen MR) is 109 cm³/mol. The Morgan fingerprint density at radius 1 is 0.759 bits per heavy atom. The van der Waals surface area contributed by atoms with E-state index in [1.54, 1.807) is 60.7 Å². The van der Waals surface area contributed by atoms with Crippen LogP contribution in [-0.4, -0.2) is 30.0 Å². The van der Waals surface area contributed by atoms with E-state index in [9.17, 15) is 14.4 Å². The number of carboxylic acid groups (broad SMARTS) is 1. The number of nitrogens with one attached hydrogen (secondary N) is 2. The average molecular weight is 390 g/mol. The molecule has 3 N–H and O–H groups in total. The number of anilines is 2. The fourth-order valence-corrected chi connectivity index (χ4v) is 2.67. The number of rotatable bonds is 6. The molecule has 0 spiro atoms. The van der Waals surface area contributed by atoms with Crippen molar-refractivity contribution in [2.75, 3.05) is 17.7 Å². The minimum Gasteiger partial charge on any atom is -0.496 e. The highest BCUT2D eigenvalue weighted by Crippen LogP contribution is 2.20. The molecule has 0 aliphatic rings. The first-order valence-electron chi connectivity index (χ1n) is 8.67. The van der Waals surface area contributed by atoms with Crippen LogP contribution in [0.25, 0.3) is 0 Å². The van der Waals surface area contributed by atoms with Gasteiger partial charge in [0.2, 0.25) is 0 Å². The highest BCUT2D eigenvalue weighted by Gasteiger charge is 2.13. The number of hydrogen-bond acceptors (Lipinski definition) is 4. The summed E-state index contributed by atoms with van der Waals surface area (Å²) in [5, 5.41) is 14.4. The van der Waals surface area contributed by atoms with Gasteiger partial charge in [-0.2, -0.15) is 0 Å². The van der Waals surface area contributed by atoms with Crippen LogP contribution in [0.5, 0.6) is 5.75 Å². The van der Waals surface area contributed by atoms with Crippen molar-refractivity contribution in [1.29, 1.82) is 0 Å². The second-order valence-corrected chi connectivity index (χ2v) is 6.07. The Balaban J connectivity index is 1.68. The topological polar surface area (TPSA) is 105 Å². The zero-order chi connectivity index (χ0) is 20.8. The van der Waals surface area contributed by atoms with Crippen LogP contribution in [0.3, 0.4) is 0 Å². The Morgan fingerprint density at radius 2 is 1.45 bits per heavy atom. The molecule has 0 unspecified atom stereocenters. The maximum atomic E-state index is 12.4. The van der Waals surface area contributed by atoms with Gasteiger partial charge in [0.05, 0.1) is 18.2 Å². The van der Waals surface area contributed by atoms with Gasteiger partial charge < -0.3 is 20.5 Å². The average Bonchev–Trinajstić information content (AvgIpc) is 2.74. The lowest BCUT2D eigenvalue weighted by Crippen LogP contribution is -2.14. The predicted octanol–water partition coefficient (Wildman–Crippen LogP) is 3.90. The summed E-state index contributed by atoms with van der Waals surface area (Å²) in [7, 11) is 1.49. The first-order valence-corrected chi connectivity index (χ1v) is 8.67. The van der Waals surface area contributed by atoms with E-state index in [4.69, 9.17) is 9.84 Å². The summed E-state index contributed by atoms with van der Waals surface area (Å²) < 4.78 is 5.18. The van der Waals surface area contributed by atoms with Crippen LogP contribution in [0.2, 0.25) is 0 Å². The number of amides is 2. The van der Waals surface area contributed by atoms with Gasteiger partial charge in [0, 0.05) is 16.9 Å². The van der Waals surface area contributed by atoms with Gasteiger partial charge >= 0.3 is 5.97 Å². The summed E-state index contributed by atoms with van der Waals surface area (Å²) in [4.78, 5) is 35.8. The van der Waals surface area contributed by atoms with Crippen LogP contribution >= 0.6 is 0 Å². The fourth-order valence-electron chi connectivity index (χ4n) is 2.67. The second-order valence-electron chi connectivity index (χ2n) is 6.07. The van der Waals surface area contributed by atoms with Crippen LogP contribution in [0.4, 0.5) is 11.4 Å². The van der Waals surface area contributed by atoms with Gasteiger partial charge in [0.25, 0.3) is 11.8 Å². The van der Waals surface area contributed by atoms with E-state index in [1.165, 1.54) is 19.2 Å². The van der Waals surface area contributed by atoms with E-state index >= 15 is 0 Å². The number of carboxylic acids is 1. The van der Waals surface area contributed by atoms with Crippen molar-refractivity contribution in [3.63, 3.8) is 0 Å². The molecule has 3 aromatic carbocycles. The molecular weight excluding hydrogens is 372 g/mol. The second kappa shape index (κ2) is 8.71. The Labute approximate surface area is 166 Å². The number of carbonyl (C=O) groups excluding carboxylic acids is 2. The third kappa shape index (κ3) is 4.78. The number of hydrogen-bond donors (Lipinski definition) is 3. The first kappa shape index (κ1) is 19.6. The highest BCUT2D eigenvalue weighted by molar-refractivity contribution is 6.07. The van der Waals surface area contributed by atoms with Crippen molar-refractivity contribution in [3.05, 3.63) is 89.5 Å². The Hall–Kier alpha value is -4.13. The minimum absolute atomic E-state index is 0.0807. The largest absolute Gasteiger partial charge is 0.496 e. The van der Waals surface area contributed by atoms with Crippen molar-refractivity contribution in [2.45, 2.75) is 0 Å². The van der Waals surface area contributed by atoms with Gasteiger partial charge in [0.15, 0.2) is 0 Å². The molecule has 0 fully saturated rings. The van der Waals surface area contributed by atoms with Crippen LogP contribution in [0.15, 0.2) is 72.8 Å². The van der Waals surface area contributed by atoms with E-state index in [-0.39, 0.29) is 11.5 Å². The van der Waals surface area contributed by atoms with Crippen LogP contribution in [0, 0.1) is 0 Å². The molecular formula is C22H18N2O5. The smallest absolute Gasteiger partial charge is 0.335 e. The molecule has 0 bridgehead atoms. The van der Waals surface area contributed by atoms with E-state index in [2.05, 4.69) is 10.6 Å². The van der Waals surface area contributed by atoms with Crippen molar-refractivity contribution in [2.24, 2.45) is 0 Å². The summed E-state index contributed by atoms with van der Waals surface area (Å²) in [6.45, 7) is 0. The fraction of sp³-hybridized carbons (Fsp3) is 0.0455. The third-order valence-corrected chi connectivity index (χ3v) is 4.12. The van der Waals surface area contributed by atoms with E-state index in [1.807, 2.05) is 0 Å². The van der Waals surface area contributed by atoms with Gasteiger partial charge in [-0.3, -0.25) is 9.59 Å². The van der Waals surface area contributed by atoms with Crippen LogP contribution < -0.4 is 15.4 Å². The lowest BCUT2D eigenvalue weighted by molar-refractivity contribution is 0.0696. The van der Waals surface area contributed by atoms with Crippen molar-refractivity contribution < 1.29 is 24.2 Å². The molecule has 0 heterocycles. The molecule has 0 saturated carbocycles. The van der Waals surface area contributed by atoms with E-state index in [0.29, 0.717) is 28.3 Å². The molecule has 146 valence electrons. The lowest BCUT2D eigenvalue weighted by atomic mass is 10.1. The quantitative estimate of drug-likeness (QED) is 0.592. The Morgan fingerprint density at radius 3 is 2.14 bits per heavy atom. The number of carbonyl (C=O) groups is 3. The van der Waals surface area contributed by atoms with Crippen LogP contribution in [-0.2, 0) is 0 Å². The summed E-state index contributed by atoms with van der Waals surface area (Å²) in [6.07, 6.45) is 0. The molecule has 0 saturated heterocycles. The number of aromatic carboxylic acids is 1. The molecule has 3 rings (SSSR count). The maximum Gasteiger partial charge on any atom is 0.335 e. The molecule has 29 heavy (non-hydrogen) atoms. The molecule has 0 atom stereocenters. The monoisotopic (exact) mass is 390 g/mol. The zero-order valence-corrected chi connectivity index (χ0v) is 15.5. The van der Waals surface area contributed by atoms with Gasteiger partial charge in [-0.25, -0.2) is 4.79 Å². The summed E-state index contributed by atoms with van der Waals surface area (Å²) in [5.74, 6) is -1.33. The maximum absolute atomic E-state index is 12.4. The third-order valence-electron chi connectivity index (χ3n) is 4.12. The molecule has 0 aromatic heterocycles. The first-order chi connectivity index (χ1) is 14.0. The van der Waals surface area contributed by atoms with Crippen LogP contribution in [0.1, 0.15) is 31.1 Å². The summed E-state index contributed by atoms with van der Waals surface area (Å²) in [5.41, 5.74) is 1.74. The highest BCUT2D eigenvalue weighted by atomic mass is 16.5. The number of methoxy groups -OCH3 is 1. The van der Waals surface area contributed by atoms with E-state index in [0.717, 1.165) is 0 Å². The van der Waals surface area contributed by atoms with E-state index < -0.39 is 11.9 Å². The van der Waals surface area contributed by atoms with Crippen molar-refractivity contribution in [1.82, 2.24) is 0 Å². The minimum atomic E-state index is -1.07. The molecule has 0 radical (unpaired) electrons. The van der Waals surface area contributed by atoms with Gasteiger partial charge in [-0.1, -0.05) is 18.2 Å². The zero-order valence-electron chi connectivity index (χ0n) is 15.5. The van der Waals surface area contributed by atoms with Gasteiger partial charge in [-0.05, 0) is 54.6 Å². The van der Waals surface area contributed by atoms with Gasteiger partial charge in [-0.15, -0.1) is 0 Å². The summed E-state index contributed by atoms with van der Waals surface area (Å²) >= 11 is 0. The number of para-hydroxylation sites is 1. The lowest BCUT2D eigenvalue weighted by Gasteiger charge is -2.10. The molecule has 7 nitrogen and oxygen atoms in total. The Bertz CT molecular complexity index is 1060. The van der Waals surface area contributed by atoms with Crippen molar-refractivity contribution >= 4 is 29.2 Å². The standard InChI is InChI=1S/C22H18N2O5/c1-29-19-8-3-2-7-18(19)21(26)23-16-11-9-14(10-12-16)20(25)24-17-6-4-5-15(13-17)22(27)28/h2-13H,1H3,(H,23,26)(H,24,25)(H,27,28). The summed E-state index contributed by atoms with van der Waals surface area (Å²) in [6, 6.07) is 19.2. The Kier molecular flexibility index (Phi) is 5.89. The molecule has 0 aliphatic carbocycles. The molecule has 0 aliphatic heterocycles. The van der Waals surface area contributed by atoms with Gasteiger partial charge in [0.1, 0.15) is 5.75 Å². The molecule has 7 heteroatoms. The van der Waals surface area contributed by atoms with Crippen molar-refractivity contribution in [3.8, 4) is 5.75 Å².